The molecule has 2 rings (SSSR count). The van der Waals surface area contributed by atoms with Crippen molar-refractivity contribution in [3.05, 3.63) is 52.6 Å². The molecule has 1 heterocycles. The van der Waals surface area contributed by atoms with Gasteiger partial charge in [-0.3, -0.25) is 4.79 Å². The van der Waals surface area contributed by atoms with E-state index in [0.29, 0.717) is 19.8 Å². The lowest BCUT2D eigenvalue weighted by molar-refractivity contribution is 0.235. The van der Waals surface area contributed by atoms with E-state index in [1.54, 1.807) is 0 Å². The van der Waals surface area contributed by atoms with Crippen molar-refractivity contribution >= 4 is 0 Å². The molecule has 0 bridgehead atoms. The quantitative estimate of drug-likeness (QED) is 0.629. The first-order valence-electron chi connectivity index (χ1n) is 8.44. The summed E-state index contributed by atoms with van der Waals surface area (Å²) in [7, 11) is 0. The van der Waals surface area contributed by atoms with Crippen LogP contribution in [0.25, 0.3) is 0 Å². The van der Waals surface area contributed by atoms with Gasteiger partial charge in [-0.2, -0.15) is 0 Å². The van der Waals surface area contributed by atoms with Crippen LogP contribution in [-0.2, 0) is 6.61 Å². The summed E-state index contributed by atoms with van der Waals surface area (Å²) in [6.07, 6.45) is 3.83. The van der Waals surface area contributed by atoms with E-state index in [1.165, 1.54) is 12.3 Å². The minimum absolute atomic E-state index is 0.166. The minimum Gasteiger partial charge on any atom is -0.490 e. The third-order valence-electron chi connectivity index (χ3n) is 3.46. The van der Waals surface area contributed by atoms with E-state index in [4.69, 9.17) is 23.7 Å². The fourth-order valence-electron chi connectivity index (χ4n) is 2.22. The normalized spacial score (nSPS) is 10.5. The maximum atomic E-state index is 11.7. The molecule has 0 atom stereocenters. The van der Waals surface area contributed by atoms with Gasteiger partial charge in [0, 0.05) is 6.07 Å². The van der Waals surface area contributed by atoms with Gasteiger partial charge in [-0.25, -0.2) is 0 Å². The highest BCUT2D eigenvalue weighted by Crippen LogP contribution is 2.26. The Kier molecular flexibility index (Phi) is 7.85. The smallest absolute Gasteiger partial charge is 0.227 e. The van der Waals surface area contributed by atoms with E-state index < -0.39 is 0 Å². The molecule has 0 saturated carbocycles. The topological polar surface area (TPSA) is 78.1 Å². The van der Waals surface area contributed by atoms with Crippen molar-refractivity contribution in [1.82, 2.24) is 0 Å². The first kappa shape index (κ1) is 18.9. The number of hydrogen-bond acceptors (Lipinski definition) is 6. The average Bonchev–Trinajstić information content (AvgIpc) is 2.63. The fourth-order valence-corrected chi connectivity index (χ4v) is 2.22. The molecule has 1 N–H and O–H groups in total. The number of unbranched alkanes of at least 4 members (excludes halogenated alkanes) is 2. The molecule has 136 valence electrons. The summed E-state index contributed by atoms with van der Waals surface area (Å²) in [6.45, 7) is 3.26. The van der Waals surface area contributed by atoms with Crippen molar-refractivity contribution in [2.75, 3.05) is 19.8 Å². The Hall–Kier alpha value is -2.47. The van der Waals surface area contributed by atoms with Gasteiger partial charge in [0.2, 0.25) is 11.2 Å². The molecule has 1 aromatic heterocycles. The molecule has 0 aliphatic carbocycles. The van der Waals surface area contributed by atoms with Crippen molar-refractivity contribution in [2.45, 2.75) is 32.8 Å². The summed E-state index contributed by atoms with van der Waals surface area (Å²) in [5, 5.41) is 8.89. The summed E-state index contributed by atoms with van der Waals surface area (Å²) in [5.74, 6) is 1.90. The van der Waals surface area contributed by atoms with Gasteiger partial charge in [0.15, 0.2) is 11.5 Å². The number of hydrogen-bond donors (Lipinski definition) is 1. The van der Waals surface area contributed by atoms with E-state index in [0.717, 1.165) is 30.8 Å². The molecule has 0 spiro atoms. The Morgan fingerprint density at radius 3 is 2.20 bits per heavy atom. The van der Waals surface area contributed by atoms with Gasteiger partial charge in [0.05, 0.1) is 19.8 Å². The van der Waals surface area contributed by atoms with E-state index in [9.17, 15) is 4.79 Å². The van der Waals surface area contributed by atoms with Gasteiger partial charge < -0.3 is 23.7 Å². The van der Waals surface area contributed by atoms with Crippen molar-refractivity contribution in [2.24, 2.45) is 0 Å². The zero-order valence-electron chi connectivity index (χ0n) is 14.4. The SMILES string of the molecule is CCOc1ccccc1OCCCCCOc1coc(CO)cc1=O. The Balaban J connectivity index is 1.63. The highest BCUT2D eigenvalue weighted by atomic mass is 16.5. The van der Waals surface area contributed by atoms with Crippen LogP contribution in [0.3, 0.4) is 0 Å². The zero-order chi connectivity index (χ0) is 17.9. The summed E-state index contributed by atoms with van der Waals surface area (Å²) in [6, 6.07) is 8.85. The summed E-state index contributed by atoms with van der Waals surface area (Å²) >= 11 is 0. The van der Waals surface area contributed by atoms with Gasteiger partial charge in [-0.1, -0.05) is 12.1 Å². The molecule has 0 aliphatic rings. The maximum Gasteiger partial charge on any atom is 0.227 e. The van der Waals surface area contributed by atoms with Gasteiger partial charge in [-0.15, -0.1) is 0 Å². The predicted octanol–water partition coefficient (Wildman–Crippen LogP) is 3.16. The number of ether oxygens (including phenoxy) is 3. The first-order valence-corrected chi connectivity index (χ1v) is 8.44. The van der Waals surface area contributed by atoms with Gasteiger partial charge >= 0.3 is 0 Å². The predicted molar refractivity (Wildman–Crippen MR) is 93.4 cm³/mol. The van der Waals surface area contributed by atoms with Crippen LogP contribution in [0.2, 0.25) is 0 Å². The number of rotatable bonds is 11. The minimum atomic E-state index is -0.304. The van der Waals surface area contributed by atoms with Crippen molar-refractivity contribution in [3.63, 3.8) is 0 Å². The lowest BCUT2D eigenvalue weighted by Crippen LogP contribution is -2.09. The van der Waals surface area contributed by atoms with E-state index in [-0.39, 0.29) is 23.5 Å². The molecule has 1 aromatic carbocycles. The standard InChI is InChI=1S/C19H24O6/c1-2-22-17-8-4-5-9-18(17)23-10-6-3-7-11-24-19-14-25-15(13-20)12-16(19)21/h4-5,8-9,12,14,20H,2-3,6-7,10-11,13H2,1H3. The van der Waals surface area contributed by atoms with Crippen LogP contribution in [0.4, 0.5) is 0 Å². The monoisotopic (exact) mass is 348 g/mol. The van der Waals surface area contributed by atoms with Gasteiger partial charge in [-0.05, 0) is 38.3 Å². The Morgan fingerprint density at radius 2 is 1.60 bits per heavy atom. The molecule has 0 amide bonds. The number of aliphatic hydroxyl groups is 1. The molecule has 0 radical (unpaired) electrons. The second kappa shape index (κ2) is 10.4. The lowest BCUT2D eigenvalue weighted by Gasteiger charge is -2.11. The molecule has 0 aliphatic heterocycles. The Bertz CT molecular complexity index is 694. The average molecular weight is 348 g/mol. The lowest BCUT2D eigenvalue weighted by atomic mass is 10.2. The van der Waals surface area contributed by atoms with Crippen LogP contribution in [0.5, 0.6) is 17.2 Å². The Labute approximate surface area is 147 Å². The van der Waals surface area contributed by atoms with Crippen LogP contribution in [0, 0.1) is 0 Å². The van der Waals surface area contributed by atoms with Crippen molar-refractivity contribution < 1.29 is 23.7 Å². The Morgan fingerprint density at radius 1 is 0.960 bits per heavy atom. The molecule has 0 saturated heterocycles. The van der Waals surface area contributed by atoms with Crippen LogP contribution in [0.1, 0.15) is 31.9 Å². The molecular formula is C19H24O6. The van der Waals surface area contributed by atoms with Crippen LogP contribution in [0.15, 0.2) is 45.8 Å². The number of aliphatic hydroxyl groups excluding tert-OH is 1. The summed E-state index contributed by atoms with van der Waals surface area (Å²) in [4.78, 5) is 11.7. The maximum absolute atomic E-state index is 11.7. The van der Waals surface area contributed by atoms with E-state index >= 15 is 0 Å². The summed E-state index contributed by atoms with van der Waals surface area (Å²) < 4.78 is 21.7. The highest BCUT2D eigenvalue weighted by Gasteiger charge is 2.05. The van der Waals surface area contributed by atoms with Crippen LogP contribution < -0.4 is 19.6 Å². The van der Waals surface area contributed by atoms with Crippen molar-refractivity contribution in [3.8, 4) is 17.2 Å². The third-order valence-corrected chi connectivity index (χ3v) is 3.46. The molecular weight excluding hydrogens is 324 g/mol. The first-order chi connectivity index (χ1) is 12.2. The number of para-hydroxylation sites is 2. The van der Waals surface area contributed by atoms with Gasteiger partial charge in [0.1, 0.15) is 18.6 Å². The largest absolute Gasteiger partial charge is 0.490 e. The molecule has 0 fully saturated rings. The molecule has 6 heteroatoms. The highest BCUT2D eigenvalue weighted by molar-refractivity contribution is 5.39. The molecule has 0 unspecified atom stereocenters. The molecule has 25 heavy (non-hydrogen) atoms. The molecule has 2 aromatic rings. The van der Waals surface area contributed by atoms with E-state index in [1.807, 2.05) is 31.2 Å². The van der Waals surface area contributed by atoms with Crippen molar-refractivity contribution in [1.29, 1.82) is 0 Å². The number of benzene rings is 1. The second-order valence-electron chi connectivity index (χ2n) is 5.37. The summed E-state index contributed by atoms with van der Waals surface area (Å²) in [5.41, 5.74) is -0.286. The zero-order valence-corrected chi connectivity index (χ0v) is 14.4. The van der Waals surface area contributed by atoms with Crippen LogP contribution >= 0.6 is 0 Å². The van der Waals surface area contributed by atoms with Crippen LogP contribution in [-0.4, -0.2) is 24.9 Å². The van der Waals surface area contributed by atoms with E-state index in [2.05, 4.69) is 0 Å². The fraction of sp³-hybridized carbons (Fsp3) is 0.421. The third kappa shape index (κ3) is 6.15. The van der Waals surface area contributed by atoms with Gasteiger partial charge in [0.25, 0.3) is 0 Å². The molecule has 6 nitrogen and oxygen atoms in total. The second-order valence-corrected chi connectivity index (χ2v) is 5.37.